The van der Waals surface area contributed by atoms with Crippen LogP contribution >= 0.6 is 11.3 Å². The Morgan fingerprint density at radius 3 is 2.75 bits per heavy atom. The number of rotatable bonds is 4. The van der Waals surface area contributed by atoms with Crippen LogP contribution in [0.1, 0.15) is 18.9 Å². The van der Waals surface area contributed by atoms with Crippen molar-refractivity contribution >= 4 is 28.6 Å². The van der Waals surface area contributed by atoms with Crippen LogP contribution in [0, 0.1) is 6.92 Å². The van der Waals surface area contributed by atoms with E-state index in [-0.39, 0.29) is 5.91 Å². The van der Waals surface area contributed by atoms with Gasteiger partial charge in [-0.2, -0.15) is 0 Å². The molecule has 5 heteroatoms. The Balaban J connectivity index is 2.38. The van der Waals surface area contributed by atoms with Gasteiger partial charge in [-0.05, 0) is 42.0 Å². The number of thiophene rings is 1. The average molecular weight is 289 g/mol. The lowest BCUT2D eigenvalue weighted by Gasteiger charge is -2.16. The molecule has 1 amide bonds. The lowest BCUT2D eigenvalue weighted by Crippen LogP contribution is -2.35. The average Bonchev–Trinajstić information content (AvgIpc) is 2.96. The molecule has 1 atom stereocenters. The molecule has 0 radical (unpaired) electrons. The molecule has 1 heterocycles. The van der Waals surface area contributed by atoms with Crippen molar-refractivity contribution in [3.63, 3.8) is 0 Å². The van der Waals surface area contributed by atoms with Gasteiger partial charge in [0.25, 0.3) is 0 Å². The Kier molecular flexibility index (Phi) is 4.42. The summed E-state index contributed by atoms with van der Waals surface area (Å²) in [5.41, 5.74) is 15.0. The van der Waals surface area contributed by atoms with Gasteiger partial charge < -0.3 is 16.8 Å². The predicted molar refractivity (Wildman–Crippen MR) is 85.8 cm³/mol. The topological polar surface area (TPSA) is 81.1 Å². The van der Waals surface area contributed by atoms with Crippen LogP contribution in [-0.2, 0) is 4.79 Å². The van der Waals surface area contributed by atoms with Crippen molar-refractivity contribution < 1.29 is 4.79 Å². The largest absolute Gasteiger partial charge is 0.397 e. The normalized spacial score (nSPS) is 12.2. The number of benzene rings is 1. The first-order valence-electron chi connectivity index (χ1n) is 6.54. The van der Waals surface area contributed by atoms with E-state index in [1.807, 2.05) is 43.5 Å². The van der Waals surface area contributed by atoms with Crippen LogP contribution < -0.4 is 16.8 Å². The molecule has 0 aliphatic rings. The van der Waals surface area contributed by atoms with E-state index >= 15 is 0 Å². The summed E-state index contributed by atoms with van der Waals surface area (Å²) < 4.78 is 0. The number of hydrogen-bond acceptors (Lipinski definition) is 4. The third-order valence-electron chi connectivity index (χ3n) is 3.31. The van der Waals surface area contributed by atoms with Gasteiger partial charge in [0.1, 0.15) is 0 Å². The molecular weight excluding hydrogens is 270 g/mol. The number of nitrogens with one attached hydrogen (secondary N) is 1. The smallest absolute Gasteiger partial charge is 0.241 e. The van der Waals surface area contributed by atoms with Gasteiger partial charge >= 0.3 is 0 Å². The van der Waals surface area contributed by atoms with E-state index in [2.05, 4.69) is 5.32 Å². The Labute approximate surface area is 122 Å². The summed E-state index contributed by atoms with van der Waals surface area (Å²) >= 11 is 1.66. The maximum Gasteiger partial charge on any atom is 0.241 e. The summed E-state index contributed by atoms with van der Waals surface area (Å²) in [7, 11) is 0. The minimum absolute atomic E-state index is 0.203. The van der Waals surface area contributed by atoms with Crippen molar-refractivity contribution in [3.05, 3.63) is 35.2 Å². The van der Waals surface area contributed by atoms with Crippen LogP contribution in [0.3, 0.4) is 0 Å². The Morgan fingerprint density at radius 2 is 2.15 bits per heavy atom. The molecule has 0 aliphatic heterocycles. The Hall–Kier alpha value is -1.85. The SMILES string of the molecule is CCC(N)C(=O)Nc1c(N)ccc(-c2cccs2)c1C. The fourth-order valence-electron chi connectivity index (χ4n) is 2.00. The molecule has 2 aromatic rings. The third-order valence-corrected chi connectivity index (χ3v) is 4.21. The summed E-state index contributed by atoms with van der Waals surface area (Å²) in [6.45, 7) is 3.83. The van der Waals surface area contributed by atoms with Crippen molar-refractivity contribution in [3.8, 4) is 10.4 Å². The van der Waals surface area contributed by atoms with Crippen molar-refractivity contribution in [2.45, 2.75) is 26.3 Å². The molecule has 1 aromatic heterocycles. The summed E-state index contributed by atoms with van der Waals surface area (Å²) in [5.74, 6) is -0.203. The van der Waals surface area contributed by atoms with Gasteiger partial charge in [-0.1, -0.05) is 19.1 Å². The highest BCUT2D eigenvalue weighted by Crippen LogP contribution is 2.35. The van der Waals surface area contributed by atoms with Crippen LogP contribution in [0.25, 0.3) is 10.4 Å². The molecule has 20 heavy (non-hydrogen) atoms. The second-order valence-electron chi connectivity index (χ2n) is 4.68. The molecule has 5 N–H and O–H groups in total. The van der Waals surface area contributed by atoms with Gasteiger partial charge in [0.15, 0.2) is 0 Å². The predicted octanol–water partition coefficient (Wildman–Crippen LogP) is 2.98. The van der Waals surface area contributed by atoms with Crippen molar-refractivity contribution in [2.75, 3.05) is 11.1 Å². The van der Waals surface area contributed by atoms with E-state index < -0.39 is 6.04 Å². The van der Waals surface area contributed by atoms with E-state index in [1.54, 1.807) is 11.3 Å². The van der Waals surface area contributed by atoms with Gasteiger partial charge in [0, 0.05) is 4.88 Å². The van der Waals surface area contributed by atoms with Crippen LogP contribution in [0.2, 0.25) is 0 Å². The molecule has 1 unspecified atom stereocenters. The fraction of sp³-hybridized carbons (Fsp3) is 0.267. The van der Waals surface area contributed by atoms with E-state index in [0.29, 0.717) is 17.8 Å². The molecule has 0 spiro atoms. The fourth-order valence-corrected chi connectivity index (χ4v) is 2.81. The second kappa shape index (κ2) is 6.07. The number of carbonyl (C=O) groups is 1. The molecule has 0 saturated heterocycles. The van der Waals surface area contributed by atoms with Crippen molar-refractivity contribution in [2.24, 2.45) is 5.73 Å². The van der Waals surface area contributed by atoms with Crippen LogP contribution in [0.15, 0.2) is 29.6 Å². The molecule has 106 valence electrons. The van der Waals surface area contributed by atoms with E-state index in [0.717, 1.165) is 16.0 Å². The van der Waals surface area contributed by atoms with Gasteiger partial charge in [0.05, 0.1) is 17.4 Å². The zero-order valence-corrected chi connectivity index (χ0v) is 12.5. The maximum atomic E-state index is 12.0. The minimum Gasteiger partial charge on any atom is -0.397 e. The number of nitrogens with two attached hydrogens (primary N) is 2. The highest BCUT2D eigenvalue weighted by Gasteiger charge is 2.16. The first-order chi connectivity index (χ1) is 9.54. The van der Waals surface area contributed by atoms with E-state index in [9.17, 15) is 4.79 Å². The van der Waals surface area contributed by atoms with Crippen LogP contribution in [0.4, 0.5) is 11.4 Å². The van der Waals surface area contributed by atoms with E-state index in [4.69, 9.17) is 11.5 Å². The zero-order valence-electron chi connectivity index (χ0n) is 11.6. The zero-order chi connectivity index (χ0) is 14.7. The third kappa shape index (κ3) is 2.84. The van der Waals surface area contributed by atoms with Gasteiger partial charge in [-0.3, -0.25) is 4.79 Å². The molecule has 0 saturated carbocycles. The standard InChI is InChI=1S/C15H19N3OS/c1-3-11(16)15(19)18-14-9(2)10(6-7-12(14)17)13-5-4-8-20-13/h4-8,11H,3,16-17H2,1-2H3,(H,18,19). The molecule has 0 fully saturated rings. The van der Waals surface area contributed by atoms with Gasteiger partial charge in [-0.25, -0.2) is 0 Å². The van der Waals surface area contributed by atoms with Crippen LogP contribution in [0.5, 0.6) is 0 Å². The molecule has 0 aliphatic carbocycles. The lowest BCUT2D eigenvalue weighted by molar-refractivity contribution is -0.117. The number of hydrogen-bond donors (Lipinski definition) is 3. The van der Waals surface area contributed by atoms with Crippen LogP contribution in [-0.4, -0.2) is 11.9 Å². The summed E-state index contributed by atoms with van der Waals surface area (Å²) in [5, 5.41) is 4.87. The Bertz CT molecular complexity index is 608. The lowest BCUT2D eigenvalue weighted by atomic mass is 10.0. The number of carbonyl (C=O) groups excluding carboxylic acids is 1. The highest BCUT2D eigenvalue weighted by molar-refractivity contribution is 7.13. The Morgan fingerprint density at radius 1 is 1.40 bits per heavy atom. The van der Waals surface area contributed by atoms with Crippen molar-refractivity contribution in [1.29, 1.82) is 0 Å². The summed E-state index contributed by atoms with van der Waals surface area (Å²) in [6, 6.07) is 7.33. The highest BCUT2D eigenvalue weighted by atomic mass is 32.1. The molecule has 1 aromatic carbocycles. The summed E-state index contributed by atoms with van der Waals surface area (Å²) in [6.07, 6.45) is 0.593. The van der Waals surface area contributed by atoms with E-state index in [1.165, 1.54) is 0 Å². The second-order valence-corrected chi connectivity index (χ2v) is 5.63. The molecule has 4 nitrogen and oxygen atoms in total. The monoisotopic (exact) mass is 289 g/mol. The molecular formula is C15H19N3OS. The van der Waals surface area contributed by atoms with Gasteiger partial charge in [-0.15, -0.1) is 11.3 Å². The van der Waals surface area contributed by atoms with Gasteiger partial charge in [0.2, 0.25) is 5.91 Å². The summed E-state index contributed by atoms with van der Waals surface area (Å²) in [4.78, 5) is 13.1. The number of nitrogen functional groups attached to an aromatic ring is 1. The maximum absolute atomic E-state index is 12.0. The quantitative estimate of drug-likeness (QED) is 0.757. The molecule has 0 bridgehead atoms. The molecule has 2 rings (SSSR count). The van der Waals surface area contributed by atoms with Crippen molar-refractivity contribution in [1.82, 2.24) is 0 Å². The minimum atomic E-state index is -0.515. The number of amides is 1. The first kappa shape index (κ1) is 14.6. The first-order valence-corrected chi connectivity index (χ1v) is 7.42. The number of anilines is 2.